The molecule has 3 aromatic rings. The molecule has 2 saturated carbocycles. The molecular formula is C30H33F3N4O2. The van der Waals surface area contributed by atoms with E-state index >= 15 is 4.39 Å². The average Bonchev–Trinajstić information content (AvgIpc) is 3.51. The van der Waals surface area contributed by atoms with Gasteiger partial charge in [-0.05, 0) is 80.4 Å². The van der Waals surface area contributed by atoms with Gasteiger partial charge in [-0.3, -0.25) is 0 Å². The Morgan fingerprint density at radius 2 is 2.00 bits per heavy atom. The number of halogens is 3. The second-order valence-electron chi connectivity index (χ2n) is 11.6. The molecular weight excluding hydrogens is 505 g/mol. The third-order valence-electron chi connectivity index (χ3n) is 9.47. The number of imidazole rings is 1. The number of aromatic nitrogens is 2. The number of rotatable bonds is 6. The zero-order valence-corrected chi connectivity index (χ0v) is 21.8. The molecule has 39 heavy (non-hydrogen) atoms. The number of nitrogens with zero attached hydrogens (tertiary/aromatic N) is 2. The van der Waals surface area contributed by atoms with Crippen LogP contribution in [0.3, 0.4) is 0 Å². The first kappa shape index (κ1) is 25.9. The van der Waals surface area contributed by atoms with Crippen molar-refractivity contribution in [1.82, 2.24) is 14.9 Å². The molecule has 1 aromatic heterocycles. The summed E-state index contributed by atoms with van der Waals surface area (Å²) in [5.41, 5.74) is 2.14. The van der Waals surface area contributed by atoms with Crippen LogP contribution < -0.4 is 10.6 Å². The lowest BCUT2D eigenvalue weighted by Gasteiger charge is -2.52. The number of benzene rings is 2. The first-order chi connectivity index (χ1) is 18.8. The Labute approximate surface area is 225 Å². The monoisotopic (exact) mass is 538 g/mol. The first-order valence-electron chi connectivity index (χ1n) is 13.8. The van der Waals surface area contributed by atoms with E-state index in [-0.39, 0.29) is 34.9 Å². The predicted molar refractivity (Wildman–Crippen MR) is 141 cm³/mol. The molecule has 3 N–H and O–H groups in total. The van der Waals surface area contributed by atoms with Gasteiger partial charge < -0.3 is 20.3 Å². The number of anilines is 1. The fourth-order valence-corrected chi connectivity index (χ4v) is 7.54. The van der Waals surface area contributed by atoms with Gasteiger partial charge in [0.2, 0.25) is 0 Å². The van der Waals surface area contributed by atoms with Crippen LogP contribution in [0.5, 0.6) is 0 Å². The summed E-state index contributed by atoms with van der Waals surface area (Å²) in [6, 6.07) is 7.48. The smallest absolute Gasteiger partial charge is 0.319 e. The van der Waals surface area contributed by atoms with Gasteiger partial charge >= 0.3 is 6.03 Å². The van der Waals surface area contributed by atoms with Crippen LogP contribution in [0.4, 0.5) is 23.7 Å². The summed E-state index contributed by atoms with van der Waals surface area (Å²) in [5.74, 6) is -1.63. The van der Waals surface area contributed by atoms with Crippen molar-refractivity contribution in [3.8, 4) is 11.3 Å². The van der Waals surface area contributed by atoms with E-state index in [9.17, 15) is 18.7 Å². The standard InChI is InChI=1S/C30H33F3N4O2/c1-2-30(27(38)12-25-28-20(4-3-5-22(28)32)26-15-34-16-37(25)26)13-17-6-9-24(18(10-17)14-30)36-29(39)35-19-7-8-21(31)23(33)11-19/h3-5,7-8,11,15-18,24-25,27,38H,2,6,9-10,12-14H2,1H3,(H2,35,36,39)/t17?,18-,24?,25?,27?,30?/m1/s1. The highest BCUT2D eigenvalue weighted by Crippen LogP contribution is 2.54. The molecule has 0 radical (unpaired) electrons. The molecule has 6 nitrogen and oxygen atoms in total. The molecule has 206 valence electrons. The van der Waals surface area contributed by atoms with Crippen molar-refractivity contribution in [2.45, 2.75) is 70.1 Å². The van der Waals surface area contributed by atoms with E-state index in [0.29, 0.717) is 17.9 Å². The van der Waals surface area contributed by atoms with Gasteiger partial charge in [0.05, 0.1) is 30.4 Å². The maximum atomic E-state index is 15.0. The summed E-state index contributed by atoms with van der Waals surface area (Å²) in [4.78, 5) is 17.0. The van der Waals surface area contributed by atoms with Gasteiger partial charge in [0.25, 0.3) is 0 Å². The zero-order valence-electron chi connectivity index (χ0n) is 21.8. The van der Waals surface area contributed by atoms with Gasteiger partial charge in [0.1, 0.15) is 5.82 Å². The number of hydrogen-bond acceptors (Lipinski definition) is 3. The van der Waals surface area contributed by atoms with Crippen LogP contribution in [0.1, 0.15) is 63.5 Å². The Morgan fingerprint density at radius 3 is 2.79 bits per heavy atom. The van der Waals surface area contributed by atoms with Gasteiger partial charge in [-0.15, -0.1) is 0 Å². The topological polar surface area (TPSA) is 79.2 Å². The maximum Gasteiger partial charge on any atom is 0.319 e. The Bertz CT molecular complexity index is 1390. The zero-order chi connectivity index (χ0) is 27.3. The minimum atomic E-state index is -1.02. The van der Waals surface area contributed by atoms with E-state index in [1.54, 1.807) is 18.6 Å². The third-order valence-corrected chi connectivity index (χ3v) is 9.47. The Hall–Kier alpha value is -3.33. The van der Waals surface area contributed by atoms with Crippen LogP contribution in [-0.4, -0.2) is 32.8 Å². The molecule has 5 unspecified atom stereocenters. The fourth-order valence-electron chi connectivity index (χ4n) is 7.54. The van der Waals surface area contributed by atoms with Crippen LogP contribution in [0, 0.1) is 34.7 Å². The van der Waals surface area contributed by atoms with Gasteiger partial charge in [0.15, 0.2) is 11.6 Å². The minimum Gasteiger partial charge on any atom is -0.392 e. The second-order valence-corrected chi connectivity index (χ2v) is 11.6. The molecule has 2 aromatic carbocycles. The van der Waals surface area contributed by atoms with E-state index in [1.807, 2.05) is 10.6 Å². The molecule has 2 heterocycles. The molecule has 0 spiro atoms. The highest BCUT2D eigenvalue weighted by atomic mass is 19.2. The summed E-state index contributed by atoms with van der Waals surface area (Å²) in [6.45, 7) is 2.11. The SMILES string of the molecule is CCC1(C(O)CC2c3c(F)cccc3-c3cncn32)CC2CCC(NC(=O)Nc3ccc(F)c(F)c3)[C@H](C2)C1. The number of urea groups is 1. The van der Waals surface area contributed by atoms with E-state index in [2.05, 4.69) is 22.5 Å². The number of carbonyl (C=O) groups is 1. The molecule has 6 atom stereocenters. The molecule has 2 aliphatic carbocycles. The summed E-state index contributed by atoms with van der Waals surface area (Å²) in [5, 5.41) is 17.5. The first-order valence-corrected chi connectivity index (χ1v) is 13.8. The normalized spacial score (nSPS) is 27.9. The van der Waals surface area contributed by atoms with Crippen LogP contribution in [0.2, 0.25) is 0 Å². The van der Waals surface area contributed by atoms with Crippen molar-refractivity contribution in [3.05, 3.63) is 71.9 Å². The van der Waals surface area contributed by atoms with Crippen molar-refractivity contribution in [3.63, 3.8) is 0 Å². The van der Waals surface area contributed by atoms with Crippen LogP contribution in [-0.2, 0) is 0 Å². The van der Waals surface area contributed by atoms with Crippen LogP contribution >= 0.6 is 0 Å². The lowest BCUT2D eigenvalue weighted by Crippen LogP contribution is -2.52. The van der Waals surface area contributed by atoms with Crippen molar-refractivity contribution < 1.29 is 23.1 Å². The van der Waals surface area contributed by atoms with Crippen molar-refractivity contribution in [2.24, 2.45) is 17.3 Å². The lowest BCUT2D eigenvalue weighted by molar-refractivity contribution is -0.0663. The van der Waals surface area contributed by atoms with Gasteiger partial charge in [0, 0.05) is 28.9 Å². The molecule has 6 rings (SSSR count). The van der Waals surface area contributed by atoms with Crippen LogP contribution in [0.15, 0.2) is 48.9 Å². The lowest BCUT2D eigenvalue weighted by atomic mass is 9.56. The van der Waals surface area contributed by atoms with E-state index < -0.39 is 23.8 Å². The highest BCUT2D eigenvalue weighted by Gasteiger charge is 2.49. The summed E-state index contributed by atoms with van der Waals surface area (Å²) in [6.07, 6.45) is 8.36. The highest BCUT2D eigenvalue weighted by molar-refractivity contribution is 5.89. The molecule has 1 aliphatic heterocycles. The van der Waals surface area contributed by atoms with Gasteiger partial charge in [-0.2, -0.15) is 0 Å². The van der Waals surface area contributed by atoms with E-state index in [4.69, 9.17) is 0 Å². The molecule has 9 heteroatoms. The van der Waals surface area contributed by atoms with Gasteiger partial charge in [-0.1, -0.05) is 19.1 Å². The van der Waals surface area contributed by atoms with E-state index in [0.717, 1.165) is 61.9 Å². The number of carbonyl (C=O) groups excluding carboxylic acids is 1. The molecule has 2 bridgehead atoms. The Balaban J connectivity index is 1.18. The average molecular weight is 539 g/mol. The Morgan fingerprint density at radius 1 is 1.15 bits per heavy atom. The number of hydrogen-bond donors (Lipinski definition) is 3. The minimum absolute atomic E-state index is 0.0881. The van der Waals surface area contributed by atoms with Crippen molar-refractivity contribution in [1.29, 1.82) is 0 Å². The van der Waals surface area contributed by atoms with Crippen LogP contribution in [0.25, 0.3) is 11.3 Å². The molecule has 0 saturated heterocycles. The Kier molecular flexibility index (Phi) is 6.65. The summed E-state index contributed by atoms with van der Waals surface area (Å²) >= 11 is 0. The summed E-state index contributed by atoms with van der Waals surface area (Å²) < 4.78 is 43.8. The number of amides is 2. The molecule has 3 aliphatic rings. The van der Waals surface area contributed by atoms with Crippen molar-refractivity contribution in [2.75, 3.05) is 5.32 Å². The quantitative estimate of drug-likeness (QED) is 0.339. The van der Waals surface area contributed by atoms with Crippen molar-refractivity contribution >= 4 is 11.7 Å². The van der Waals surface area contributed by atoms with E-state index in [1.165, 1.54) is 12.1 Å². The number of aliphatic hydroxyl groups excluding tert-OH is 1. The summed E-state index contributed by atoms with van der Waals surface area (Å²) in [7, 11) is 0. The maximum absolute atomic E-state index is 15.0. The predicted octanol–water partition coefficient (Wildman–Crippen LogP) is 6.42. The largest absolute Gasteiger partial charge is 0.392 e. The van der Waals surface area contributed by atoms with Gasteiger partial charge in [-0.25, -0.2) is 22.9 Å². The number of aliphatic hydroxyl groups is 1. The third kappa shape index (κ3) is 4.60. The molecule has 2 amide bonds. The number of nitrogens with one attached hydrogen (secondary N) is 2. The fraction of sp³-hybridized carbons (Fsp3) is 0.467. The number of fused-ring (bicyclic) bond motifs is 5. The molecule has 2 fully saturated rings. The second kappa shape index (κ2) is 10.0.